The second-order valence-corrected chi connectivity index (χ2v) is 5.51. The third-order valence-electron chi connectivity index (χ3n) is 3.13. The minimum atomic E-state index is -0.554. The predicted octanol–water partition coefficient (Wildman–Crippen LogP) is 4.30. The molecule has 0 spiro atoms. The van der Waals surface area contributed by atoms with E-state index in [-0.39, 0.29) is 11.8 Å². The number of aromatic nitrogens is 2. The number of ether oxygens (including phenoxy) is 1. The Kier molecular flexibility index (Phi) is 4.69. The van der Waals surface area contributed by atoms with Crippen LogP contribution in [0.5, 0.6) is 5.75 Å². The van der Waals surface area contributed by atoms with Gasteiger partial charge in [0.2, 0.25) is 5.89 Å². The highest BCUT2D eigenvalue weighted by atomic mass is 35.5. The Morgan fingerprint density at radius 2 is 1.92 bits per heavy atom. The molecule has 1 amide bonds. The molecule has 0 saturated carbocycles. The smallest absolute Gasteiger partial charge is 0.313 e. The van der Waals surface area contributed by atoms with Crippen LogP contribution in [0.25, 0.3) is 11.5 Å². The normalized spacial score (nSPS) is 10.5. The van der Waals surface area contributed by atoms with Crippen molar-refractivity contribution in [3.63, 3.8) is 0 Å². The first-order chi connectivity index (χ1) is 11.6. The topological polar surface area (TPSA) is 77.2 Å². The minimum Gasteiger partial charge on any atom is -0.495 e. The standard InChI is InChI=1S/C16H11Cl2N3O3/c1-23-13-7-6-9(8-12(13)18)19-14(22)16-21-20-15(24-16)10-4-2-3-5-11(10)17/h2-8H,1H3,(H,19,22). The van der Waals surface area contributed by atoms with Crippen LogP contribution in [-0.2, 0) is 0 Å². The molecule has 1 heterocycles. The number of anilines is 1. The molecule has 24 heavy (non-hydrogen) atoms. The lowest BCUT2D eigenvalue weighted by Crippen LogP contribution is -2.12. The molecular formula is C16H11Cl2N3O3. The zero-order valence-electron chi connectivity index (χ0n) is 12.4. The van der Waals surface area contributed by atoms with E-state index in [0.717, 1.165) is 0 Å². The number of rotatable bonds is 4. The van der Waals surface area contributed by atoms with Crippen LogP contribution < -0.4 is 10.1 Å². The summed E-state index contributed by atoms with van der Waals surface area (Å²) >= 11 is 12.1. The number of hydrogen-bond donors (Lipinski definition) is 1. The molecule has 0 aliphatic carbocycles. The second kappa shape index (κ2) is 6.90. The van der Waals surface area contributed by atoms with Gasteiger partial charge in [0.15, 0.2) is 0 Å². The van der Waals surface area contributed by atoms with Gasteiger partial charge in [0, 0.05) is 5.69 Å². The Hall–Kier alpha value is -2.57. The van der Waals surface area contributed by atoms with E-state index in [1.54, 1.807) is 42.5 Å². The van der Waals surface area contributed by atoms with Gasteiger partial charge in [-0.05, 0) is 30.3 Å². The number of carbonyl (C=O) groups excluding carboxylic acids is 1. The SMILES string of the molecule is COc1ccc(NC(=O)c2nnc(-c3ccccc3Cl)o2)cc1Cl. The Morgan fingerprint density at radius 3 is 2.62 bits per heavy atom. The largest absolute Gasteiger partial charge is 0.495 e. The van der Waals surface area contributed by atoms with Crippen molar-refractivity contribution in [2.45, 2.75) is 0 Å². The summed E-state index contributed by atoms with van der Waals surface area (Å²) in [7, 11) is 1.51. The van der Waals surface area contributed by atoms with Gasteiger partial charge in [0.25, 0.3) is 0 Å². The fraction of sp³-hybridized carbons (Fsp3) is 0.0625. The van der Waals surface area contributed by atoms with E-state index in [1.165, 1.54) is 7.11 Å². The van der Waals surface area contributed by atoms with Crippen LogP contribution in [0.4, 0.5) is 5.69 Å². The van der Waals surface area contributed by atoms with E-state index in [9.17, 15) is 4.79 Å². The van der Waals surface area contributed by atoms with E-state index in [0.29, 0.717) is 27.0 Å². The molecule has 0 fully saturated rings. The molecule has 0 aliphatic rings. The first-order valence-corrected chi connectivity index (χ1v) is 7.57. The lowest BCUT2D eigenvalue weighted by molar-refractivity contribution is 0.0991. The Morgan fingerprint density at radius 1 is 1.12 bits per heavy atom. The molecule has 8 heteroatoms. The molecule has 1 aromatic heterocycles. The number of nitrogens with one attached hydrogen (secondary N) is 1. The molecule has 2 aromatic carbocycles. The van der Waals surface area contributed by atoms with Crippen molar-refractivity contribution in [1.29, 1.82) is 0 Å². The first kappa shape index (κ1) is 16.3. The first-order valence-electron chi connectivity index (χ1n) is 6.82. The molecule has 0 aliphatic heterocycles. The van der Waals surface area contributed by atoms with Crippen LogP contribution in [0.2, 0.25) is 10.0 Å². The zero-order chi connectivity index (χ0) is 17.1. The van der Waals surface area contributed by atoms with Gasteiger partial charge in [0.1, 0.15) is 5.75 Å². The van der Waals surface area contributed by atoms with Crippen molar-refractivity contribution in [3.8, 4) is 17.2 Å². The Bertz CT molecular complexity index is 896. The van der Waals surface area contributed by atoms with Crippen molar-refractivity contribution in [2.24, 2.45) is 0 Å². The molecule has 3 aromatic rings. The molecule has 3 rings (SSSR count). The summed E-state index contributed by atoms with van der Waals surface area (Å²) in [5, 5.41) is 11.0. The molecular weight excluding hydrogens is 353 g/mol. The summed E-state index contributed by atoms with van der Waals surface area (Å²) in [6.07, 6.45) is 0. The van der Waals surface area contributed by atoms with Crippen molar-refractivity contribution < 1.29 is 13.9 Å². The van der Waals surface area contributed by atoms with E-state index < -0.39 is 5.91 Å². The molecule has 0 bridgehead atoms. The molecule has 1 N–H and O–H groups in total. The fourth-order valence-corrected chi connectivity index (χ4v) is 2.46. The van der Waals surface area contributed by atoms with E-state index in [2.05, 4.69) is 15.5 Å². The summed E-state index contributed by atoms with van der Waals surface area (Å²) in [5.41, 5.74) is 1.03. The summed E-state index contributed by atoms with van der Waals surface area (Å²) in [6, 6.07) is 11.8. The highest BCUT2D eigenvalue weighted by Crippen LogP contribution is 2.28. The number of hydrogen-bond acceptors (Lipinski definition) is 5. The number of halogens is 2. The van der Waals surface area contributed by atoms with Crippen LogP contribution in [0.3, 0.4) is 0 Å². The summed E-state index contributed by atoms with van der Waals surface area (Å²) < 4.78 is 10.4. The summed E-state index contributed by atoms with van der Waals surface area (Å²) in [6.45, 7) is 0. The molecule has 6 nitrogen and oxygen atoms in total. The average Bonchev–Trinajstić information content (AvgIpc) is 3.05. The number of amides is 1. The maximum atomic E-state index is 12.2. The monoisotopic (exact) mass is 363 g/mol. The summed E-state index contributed by atoms with van der Waals surface area (Å²) in [5.74, 6) is -0.0640. The van der Waals surface area contributed by atoms with Crippen LogP contribution in [-0.4, -0.2) is 23.2 Å². The lowest BCUT2D eigenvalue weighted by Gasteiger charge is -2.06. The van der Waals surface area contributed by atoms with Crippen molar-refractivity contribution in [1.82, 2.24) is 10.2 Å². The van der Waals surface area contributed by atoms with Gasteiger partial charge in [-0.25, -0.2) is 0 Å². The highest BCUT2D eigenvalue weighted by Gasteiger charge is 2.17. The van der Waals surface area contributed by atoms with Crippen LogP contribution in [0.1, 0.15) is 10.7 Å². The molecule has 0 unspecified atom stereocenters. The van der Waals surface area contributed by atoms with Gasteiger partial charge in [0.05, 0.1) is 22.7 Å². The Balaban J connectivity index is 1.79. The molecule has 122 valence electrons. The van der Waals surface area contributed by atoms with Crippen molar-refractivity contribution in [2.75, 3.05) is 12.4 Å². The third-order valence-corrected chi connectivity index (χ3v) is 3.76. The van der Waals surface area contributed by atoms with Gasteiger partial charge in [-0.1, -0.05) is 35.3 Å². The van der Waals surface area contributed by atoms with Crippen LogP contribution >= 0.6 is 23.2 Å². The maximum Gasteiger partial charge on any atom is 0.313 e. The minimum absolute atomic E-state index is 0.165. The summed E-state index contributed by atoms with van der Waals surface area (Å²) in [4.78, 5) is 12.2. The van der Waals surface area contributed by atoms with Gasteiger partial charge < -0.3 is 14.5 Å². The highest BCUT2D eigenvalue weighted by molar-refractivity contribution is 6.33. The number of nitrogens with zero attached hydrogens (tertiary/aromatic N) is 2. The molecule has 0 radical (unpaired) electrons. The number of methoxy groups -OCH3 is 1. The van der Waals surface area contributed by atoms with E-state index in [4.69, 9.17) is 32.4 Å². The zero-order valence-corrected chi connectivity index (χ0v) is 13.9. The van der Waals surface area contributed by atoms with Crippen molar-refractivity contribution in [3.05, 3.63) is 58.4 Å². The van der Waals surface area contributed by atoms with Crippen LogP contribution in [0.15, 0.2) is 46.9 Å². The fourth-order valence-electron chi connectivity index (χ4n) is 1.99. The van der Waals surface area contributed by atoms with Crippen molar-refractivity contribution >= 4 is 34.8 Å². The quantitative estimate of drug-likeness (QED) is 0.747. The second-order valence-electron chi connectivity index (χ2n) is 4.70. The maximum absolute atomic E-state index is 12.2. The molecule has 0 saturated heterocycles. The van der Waals surface area contributed by atoms with E-state index >= 15 is 0 Å². The van der Waals surface area contributed by atoms with Crippen LogP contribution in [0, 0.1) is 0 Å². The number of carbonyl (C=O) groups is 1. The third kappa shape index (κ3) is 3.34. The Labute approximate surface area is 147 Å². The number of benzene rings is 2. The predicted molar refractivity (Wildman–Crippen MR) is 90.7 cm³/mol. The van der Waals surface area contributed by atoms with Gasteiger partial charge in [-0.3, -0.25) is 4.79 Å². The van der Waals surface area contributed by atoms with Gasteiger partial charge >= 0.3 is 11.8 Å². The van der Waals surface area contributed by atoms with Gasteiger partial charge in [-0.15, -0.1) is 10.2 Å². The lowest BCUT2D eigenvalue weighted by atomic mass is 10.2. The molecule has 0 atom stereocenters. The van der Waals surface area contributed by atoms with E-state index in [1.807, 2.05) is 0 Å². The van der Waals surface area contributed by atoms with Gasteiger partial charge in [-0.2, -0.15) is 0 Å². The average molecular weight is 364 g/mol.